The summed E-state index contributed by atoms with van der Waals surface area (Å²) >= 11 is 0. The number of likely N-dealkylation sites (tertiary alicyclic amines) is 1. The molecular formula is C10H18N2O. The molecule has 0 radical (unpaired) electrons. The second-order valence-electron chi connectivity index (χ2n) is 3.61. The summed E-state index contributed by atoms with van der Waals surface area (Å²) in [5, 5.41) is 17.2. The lowest BCUT2D eigenvalue weighted by Gasteiger charge is -2.22. The fourth-order valence-corrected chi connectivity index (χ4v) is 2.04. The van der Waals surface area contributed by atoms with Crippen LogP contribution in [0.15, 0.2) is 0 Å². The lowest BCUT2D eigenvalue weighted by molar-refractivity contribution is 0.219. The van der Waals surface area contributed by atoms with Crippen LogP contribution in [0.4, 0.5) is 0 Å². The molecule has 0 aliphatic carbocycles. The van der Waals surface area contributed by atoms with Gasteiger partial charge in [0.15, 0.2) is 0 Å². The normalized spacial score (nSPS) is 23.2. The fraction of sp³-hybridized carbons (Fsp3) is 0.900. The predicted molar refractivity (Wildman–Crippen MR) is 51.1 cm³/mol. The number of rotatable bonds is 5. The highest BCUT2D eigenvalue weighted by Gasteiger charge is 2.22. The first-order valence-electron chi connectivity index (χ1n) is 5.10. The van der Waals surface area contributed by atoms with Crippen molar-refractivity contribution in [2.75, 3.05) is 19.7 Å². The van der Waals surface area contributed by atoms with Crippen LogP contribution in [0.25, 0.3) is 0 Å². The van der Waals surface area contributed by atoms with Gasteiger partial charge in [-0.05, 0) is 32.2 Å². The Hall–Kier alpha value is -0.590. The van der Waals surface area contributed by atoms with Gasteiger partial charge in [0.2, 0.25) is 0 Å². The molecule has 1 N–H and O–H groups in total. The number of hydrogen-bond donors (Lipinski definition) is 1. The van der Waals surface area contributed by atoms with Crippen LogP contribution in [0.2, 0.25) is 0 Å². The van der Waals surface area contributed by atoms with Crippen LogP contribution in [-0.2, 0) is 0 Å². The first-order valence-corrected chi connectivity index (χ1v) is 5.10. The van der Waals surface area contributed by atoms with Crippen molar-refractivity contribution in [2.45, 2.75) is 38.1 Å². The van der Waals surface area contributed by atoms with Crippen molar-refractivity contribution in [3.8, 4) is 6.07 Å². The van der Waals surface area contributed by atoms with Crippen LogP contribution in [0, 0.1) is 11.3 Å². The minimum Gasteiger partial charge on any atom is -0.396 e. The summed E-state index contributed by atoms with van der Waals surface area (Å²) in [5.41, 5.74) is 0. The van der Waals surface area contributed by atoms with Crippen LogP contribution in [0.1, 0.15) is 32.1 Å². The van der Waals surface area contributed by atoms with E-state index >= 15 is 0 Å². The molecule has 1 saturated heterocycles. The predicted octanol–water partition coefficient (Wildman–Crippen LogP) is 1.14. The molecule has 1 aliphatic heterocycles. The largest absolute Gasteiger partial charge is 0.396 e. The molecule has 0 amide bonds. The van der Waals surface area contributed by atoms with Crippen molar-refractivity contribution in [3.63, 3.8) is 0 Å². The molecule has 3 nitrogen and oxygen atoms in total. The van der Waals surface area contributed by atoms with Crippen molar-refractivity contribution >= 4 is 0 Å². The summed E-state index contributed by atoms with van der Waals surface area (Å²) in [6.45, 7) is 2.34. The van der Waals surface area contributed by atoms with Crippen LogP contribution in [0.5, 0.6) is 0 Å². The van der Waals surface area contributed by atoms with Gasteiger partial charge in [-0.25, -0.2) is 0 Å². The van der Waals surface area contributed by atoms with E-state index in [2.05, 4.69) is 11.0 Å². The molecular weight excluding hydrogens is 164 g/mol. The lowest BCUT2D eigenvalue weighted by Crippen LogP contribution is -2.30. The van der Waals surface area contributed by atoms with E-state index in [1.807, 2.05) is 0 Å². The van der Waals surface area contributed by atoms with Gasteiger partial charge in [-0.1, -0.05) is 0 Å². The van der Waals surface area contributed by atoms with Gasteiger partial charge in [0.1, 0.15) is 0 Å². The summed E-state index contributed by atoms with van der Waals surface area (Å²) in [6.07, 6.45) is 5.11. The number of nitrogens with zero attached hydrogens (tertiary/aromatic N) is 2. The molecule has 0 saturated carbocycles. The third kappa shape index (κ3) is 3.33. The first-order chi connectivity index (χ1) is 6.38. The monoisotopic (exact) mass is 182 g/mol. The first kappa shape index (κ1) is 10.5. The summed E-state index contributed by atoms with van der Waals surface area (Å²) in [4.78, 5) is 2.39. The number of aliphatic hydroxyl groups is 1. The molecule has 1 rings (SSSR count). The van der Waals surface area contributed by atoms with E-state index in [-0.39, 0.29) is 0 Å². The molecule has 0 bridgehead atoms. The van der Waals surface area contributed by atoms with Gasteiger partial charge in [0.25, 0.3) is 0 Å². The van der Waals surface area contributed by atoms with Crippen molar-refractivity contribution in [1.82, 2.24) is 4.90 Å². The highest BCUT2D eigenvalue weighted by Crippen LogP contribution is 2.20. The second-order valence-corrected chi connectivity index (χ2v) is 3.61. The van der Waals surface area contributed by atoms with Gasteiger partial charge in [0, 0.05) is 25.6 Å². The molecule has 0 aromatic rings. The van der Waals surface area contributed by atoms with Gasteiger partial charge >= 0.3 is 0 Å². The van der Waals surface area contributed by atoms with E-state index in [1.165, 1.54) is 12.8 Å². The quantitative estimate of drug-likeness (QED) is 0.693. The summed E-state index contributed by atoms with van der Waals surface area (Å²) in [6, 6.07) is 2.81. The molecule has 1 fully saturated rings. The van der Waals surface area contributed by atoms with E-state index in [0.717, 1.165) is 25.9 Å². The maximum absolute atomic E-state index is 8.72. The Morgan fingerprint density at radius 3 is 3.08 bits per heavy atom. The Labute approximate surface area is 80.0 Å². The Balaban J connectivity index is 2.23. The average Bonchev–Trinajstić information content (AvgIpc) is 2.59. The van der Waals surface area contributed by atoms with E-state index in [9.17, 15) is 0 Å². The molecule has 0 aromatic heterocycles. The standard InChI is InChI=1S/C10H18N2O/c11-6-3-8-12-7-1-4-10(12)5-2-9-13/h10,13H,1-5,7-9H2. The molecule has 0 spiro atoms. The smallest absolute Gasteiger partial charge is 0.0635 e. The molecule has 74 valence electrons. The van der Waals surface area contributed by atoms with E-state index in [0.29, 0.717) is 19.1 Å². The SMILES string of the molecule is N#CCCN1CCCC1CCCO. The van der Waals surface area contributed by atoms with Crippen LogP contribution in [0.3, 0.4) is 0 Å². The minimum atomic E-state index is 0.294. The van der Waals surface area contributed by atoms with Crippen molar-refractivity contribution < 1.29 is 5.11 Å². The number of aliphatic hydroxyl groups excluding tert-OH is 1. The second kappa shape index (κ2) is 5.95. The Bertz CT molecular complexity index is 176. The van der Waals surface area contributed by atoms with E-state index < -0.39 is 0 Å². The highest BCUT2D eigenvalue weighted by atomic mass is 16.2. The molecule has 13 heavy (non-hydrogen) atoms. The maximum Gasteiger partial charge on any atom is 0.0635 e. The fourth-order valence-electron chi connectivity index (χ4n) is 2.04. The number of nitriles is 1. The van der Waals surface area contributed by atoms with Crippen molar-refractivity contribution in [2.24, 2.45) is 0 Å². The average molecular weight is 182 g/mol. The molecule has 1 aliphatic rings. The lowest BCUT2D eigenvalue weighted by atomic mass is 10.1. The minimum absolute atomic E-state index is 0.294. The highest BCUT2D eigenvalue weighted by molar-refractivity contribution is 4.82. The van der Waals surface area contributed by atoms with Crippen molar-refractivity contribution in [3.05, 3.63) is 0 Å². The topological polar surface area (TPSA) is 47.3 Å². The summed E-state index contributed by atoms with van der Waals surface area (Å²) in [7, 11) is 0. The van der Waals surface area contributed by atoms with Crippen LogP contribution < -0.4 is 0 Å². The van der Waals surface area contributed by atoms with Crippen molar-refractivity contribution in [1.29, 1.82) is 5.26 Å². The Morgan fingerprint density at radius 1 is 1.54 bits per heavy atom. The molecule has 1 unspecified atom stereocenters. The third-order valence-corrected chi connectivity index (χ3v) is 2.71. The van der Waals surface area contributed by atoms with Crippen LogP contribution in [-0.4, -0.2) is 35.7 Å². The molecule has 1 heterocycles. The van der Waals surface area contributed by atoms with Gasteiger partial charge in [0.05, 0.1) is 6.07 Å². The Morgan fingerprint density at radius 2 is 2.38 bits per heavy atom. The Kier molecular flexibility index (Phi) is 4.81. The van der Waals surface area contributed by atoms with E-state index in [1.54, 1.807) is 0 Å². The summed E-state index contributed by atoms with van der Waals surface area (Å²) in [5.74, 6) is 0. The number of hydrogen-bond acceptors (Lipinski definition) is 3. The van der Waals surface area contributed by atoms with Crippen LogP contribution >= 0.6 is 0 Å². The third-order valence-electron chi connectivity index (χ3n) is 2.71. The summed E-state index contributed by atoms with van der Waals surface area (Å²) < 4.78 is 0. The van der Waals surface area contributed by atoms with Gasteiger partial charge in [-0.3, -0.25) is 4.90 Å². The van der Waals surface area contributed by atoms with Gasteiger partial charge in [-0.15, -0.1) is 0 Å². The zero-order valence-electron chi connectivity index (χ0n) is 8.08. The molecule has 3 heteroatoms. The van der Waals surface area contributed by atoms with Gasteiger partial charge in [-0.2, -0.15) is 5.26 Å². The zero-order chi connectivity index (χ0) is 9.52. The maximum atomic E-state index is 8.72. The molecule has 1 atom stereocenters. The molecule has 0 aromatic carbocycles. The van der Waals surface area contributed by atoms with E-state index in [4.69, 9.17) is 10.4 Å². The zero-order valence-corrected chi connectivity index (χ0v) is 8.08. The van der Waals surface area contributed by atoms with Gasteiger partial charge < -0.3 is 5.11 Å².